The lowest BCUT2D eigenvalue weighted by atomic mass is 10.1. The molecular formula is C27H32N3O2P. The molecule has 3 rings (SSSR count). The lowest BCUT2D eigenvalue weighted by molar-refractivity contribution is 0.0863. The molecule has 0 aliphatic heterocycles. The number of carbonyl (C=O) groups is 2. The lowest BCUT2D eigenvalue weighted by Crippen LogP contribution is -2.25. The molecule has 0 bridgehead atoms. The largest absolute Gasteiger partial charge is 0.322 e. The Balaban J connectivity index is 1.70. The zero-order valence-electron chi connectivity index (χ0n) is 19.5. The lowest BCUT2D eigenvalue weighted by Gasteiger charge is -2.23. The highest BCUT2D eigenvalue weighted by Crippen LogP contribution is 2.20. The highest BCUT2D eigenvalue weighted by molar-refractivity contribution is 7.14. The van der Waals surface area contributed by atoms with E-state index in [1.807, 2.05) is 31.2 Å². The minimum atomic E-state index is -0.201. The summed E-state index contributed by atoms with van der Waals surface area (Å²) in [6.07, 6.45) is 0. The summed E-state index contributed by atoms with van der Waals surface area (Å²) >= 11 is 0. The minimum Gasteiger partial charge on any atom is -0.322 e. The fourth-order valence-corrected chi connectivity index (χ4v) is 3.96. The third-order valence-corrected chi connectivity index (χ3v) is 6.11. The number of nitrogens with one attached hydrogen (secondary N) is 1. The van der Waals surface area contributed by atoms with E-state index in [4.69, 9.17) is 0 Å². The molecule has 6 heteroatoms. The van der Waals surface area contributed by atoms with Crippen molar-refractivity contribution in [2.75, 3.05) is 18.4 Å². The molecule has 1 N–H and O–H groups in total. The monoisotopic (exact) mass is 461 g/mol. The molecule has 1 unspecified atom stereocenters. The van der Waals surface area contributed by atoms with Gasteiger partial charge in [0.15, 0.2) is 0 Å². The van der Waals surface area contributed by atoms with Crippen molar-refractivity contribution in [1.29, 1.82) is 0 Å². The van der Waals surface area contributed by atoms with E-state index in [-0.39, 0.29) is 11.8 Å². The molecule has 0 aliphatic carbocycles. The number of hydrogen-bond donors (Lipinski definition) is 1. The maximum absolute atomic E-state index is 13.1. The van der Waals surface area contributed by atoms with Crippen molar-refractivity contribution in [1.82, 2.24) is 9.57 Å². The zero-order chi connectivity index (χ0) is 23.8. The van der Waals surface area contributed by atoms with Gasteiger partial charge in [-0.3, -0.25) is 14.5 Å². The van der Waals surface area contributed by atoms with E-state index < -0.39 is 0 Å². The van der Waals surface area contributed by atoms with Gasteiger partial charge in [0.05, 0.1) is 0 Å². The highest BCUT2D eigenvalue weighted by atomic mass is 31.0. The van der Waals surface area contributed by atoms with E-state index in [0.29, 0.717) is 23.4 Å². The van der Waals surface area contributed by atoms with Gasteiger partial charge in [0, 0.05) is 29.9 Å². The van der Waals surface area contributed by atoms with Gasteiger partial charge in [-0.2, -0.15) is 0 Å². The van der Waals surface area contributed by atoms with Crippen molar-refractivity contribution >= 4 is 26.9 Å². The SMILES string of the molecule is CCN(CC)Cc1ccccc1CN(P)C(=O)c1cccc(NC(=O)c2ccc(C)cc2)c1. The normalized spacial score (nSPS) is 10.8. The van der Waals surface area contributed by atoms with E-state index in [9.17, 15) is 9.59 Å². The molecule has 3 aromatic carbocycles. The van der Waals surface area contributed by atoms with Gasteiger partial charge in [0.25, 0.3) is 11.8 Å². The molecule has 172 valence electrons. The first-order chi connectivity index (χ1) is 15.9. The van der Waals surface area contributed by atoms with Crippen LogP contribution < -0.4 is 5.32 Å². The van der Waals surface area contributed by atoms with Gasteiger partial charge in [0.2, 0.25) is 0 Å². The van der Waals surface area contributed by atoms with Crippen LogP contribution in [0.5, 0.6) is 0 Å². The summed E-state index contributed by atoms with van der Waals surface area (Å²) in [5, 5.41) is 2.88. The van der Waals surface area contributed by atoms with Gasteiger partial charge in [-0.1, -0.05) is 61.9 Å². The van der Waals surface area contributed by atoms with Crippen LogP contribution in [0.1, 0.15) is 51.3 Å². The molecule has 5 nitrogen and oxygen atoms in total. The van der Waals surface area contributed by atoms with Gasteiger partial charge in [-0.05, 0) is 70.9 Å². The molecule has 0 fully saturated rings. The predicted octanol–water partition coefficient (Wildman–Crippen LogP) is 5.52. The average molecular weight is 462 g/mol. The molecule has 0 aromatic heterocycles. The van der Waals surface area contributed by atoms with Gasteiger partial charge >= 0.3 is 0 Å². The van der Waals surface area contributed by atoms with Gasteiger partial charge in [-0.15, -0.1) is 0 Å². The number of anilines is 1. The number of hydrogen-bond acceptors (Lipinski definition) is 3. The third-order valence-electron chi connectivity index (χ3n) is 5.69. The first-order valence-electron chi connectivity index (χ1n) is 11.2. The topological polar surface area (TPSA) is 52.6 Å². The zero-order valence-corrected chi connectivity index (χ0v) is 20.7. The maximum Gasteiger partial charge on any atom is 0.257 e. The van der Waals surface area contributed by atoms with Crippen LogP contribution in [0.25, 0.3) is 0 Å². The molecule has 1 atom stereocenters. The van der Waals surface area contributed by atoms with Crippen molar-refractivity contribution in [2.24, 2.45) is 0 Å². The van der Waals surface area contributed by atoms with Gasteiger partial charge < -0.3 is 9.99 Å². The molecular weight excluding hydrogens is 429 g/mol. The van der Waals surface area contributed by atoms with Crippen LogP contribution in [0.4, 0.5) is 5.69 Å². The molecule has 0 radical (unpaired) electrons. The number of benzene rings is 3. The first-order valence-corrected chi connectivity index (χ1v) is 11.8. The van der Waals surface area contributed by atoms with E-state index in [0.717, 1.165) is 30.8 Å². The molecule has 0 spiro atoms. The second kappa shape index (κ2) is 11.7. The first kappa shape index (κ1) is 24.6. The fourth-order valence-electron chi connectivity index (χ4n) is 3.61. The van der Waals surface area contributed by atoms with E-state index in [1.165, 1.54) is 5.56 Å². The Bertz CT molecular complexity index is 1090. The smallest absolute Gasteiger partial charge is 0.257 e. The second-order valence-electron chi connectivity index (χ2n) is 8.06. The van der Waals surface area contributed by atoms with Crippen LogP contribution in [-0.4, -0.2) is 34.5 Å². The molecule has 0 saturated carbocycles. The Morgan fingerprint density at radius 2 is 1.45 bits per heavy atom. The Kier molecular flexibility index (Phi) is 8.76. The third kappa shape index (κ3) is 6.74. The fraction of sp³-hybridized carbons (Fsp3) is 0.259. The number of amides is 2. The van der Waals surface area contributed by atoms with E-state index in [2.05, 4.69) is 45.6 Å². The van der Waals surface area contributed by atoms with E-state index >= 15 is 0 Å². The summed E-state index contributed by atoms with van der Waals surface area (Å²) in [6.45, 7) is 9.60. The molecule has 2 amide bonds. The standard InChI is InChI=1S/C27H32N3O2P/c1-4-29(5-2)18-23-9-6-7-10-24(23)19-30(33)27(32)22-11-8-12-25(17-22)28-26(31)21-15-13-20(3)14-16-21/h6-17H,4-5,18-19,33H2,1-3H3,(H,28,31). The summed E-state index contributed by atoms with van der Waals surface area (Å²) in [5.74, 6) is -0.322. The van der Waals surface area contributed by atoms with Crippen LogP contribution in [0.2, 0.25) is 0 Å². The van der Waals surface area contributed by atoms with E-state index in [1.54, 1.807) is 41.1 Å². The number of carbonyl (C=O) groups excluding carboxylic acids is 2. The summed E-state index contributed by atoms with van der Waals surface area (Å²) < 4.78 is 1.64. The summed E-state index contributed by atoms with van der Waals surface area (Å²) in [7, 11) is 2.54. The Morgan fingerprint density at radius 3 is 2.09 bits per heavy atom. The van der Waals surface area contributed by atoms with Crippen molar-refractivity contribution < 1.29 is 9.59 Å². The second-order valence-corrected chi connectivity index (χ2v) is 8.69. The number of nitrogens with zero attached hydrogens (tertiary/aromatic N) is 2. The Hall–Kier alpha value is -3.01. The summed E-state index contributed by atoms with van der Waals surface area (Å²) in [5.41, 5.74) is 5.13. The number of aryl methyl sites for hydroxylation is 1. The minimum absolute atomic E-state index is 0.121. The average Bonchev–Trinajstić information content (AvgIpc) is 2.83. The molecule has 3 aromatic rings. The van der Waals surface area contributed by atoms with Crippen molar-refractivity contribution in [3.8, 4) is 0 Å². The van der Waals surface area contributed by atoms with Crippen LogP contribution in [0.3, 0.4) is 0 Å². The molecule has 0 saturated heterocycles. The van der Waals surface area contributed by atoms with Crippen molar-refractivity contribution in [3.63, 3.8) is 0 Å². The van der Waals surface area contributed by atoms with Crippen LogP contribution in [0, 0.1) is 6.92 Å². The van der Waals surface area contributed by atoms with Crippen LogP contribution >= 0.6 is 9.39 Å². The molecule has 0 heterocycles. The Labute approximate surface area is 199 Å². The molecule has 0 aliphatic rings. The van der Waals surface area contributed by atoms with Crippen molar-refractivity contribution in [2.45, 2.75) is 33.9 Å². The highest BCUT2D eigenvalue weighted by Gasteiger charge is 2.16. The van der Waals surface area contributed by atoms with Gasteiger partial charge in [-0.25, -0.2) is 0 Å². The van der Waals surface area contributed by atoms with Crippen LogP contribution in [-0.2, 0) is 13.1 Å². The predicted molar refractivity (Wildman–Crippen MR) is 138 cm³/mol. The quantitative estimate of drug-likeness (QED) is 0.427. The summed E-state index contributed by atoms with van der Waals surface area (Å²) in [6, 6.07) is 22.7. The van der Waals surface area contributed by atoms with Crippen molar-refractivity contribution in [3.05, 3.63) is 101 Å². The summed E-state index contributed by atoms with van der Waals surface area (Å²) in [4.78, 5) is 28.0. The van der Waals surface area contributed by atoms with Gasteiger partial charge in [0.1, 0.15) is 0 Å². The Morgan fingerprint density at radius 1 is 0.818 bits per heavy atom. The molecule has 33 heavy (non-hydrogen) atoms. The maximum atomic E-state index is 13.1. The number of rotatable bonds is 9. The van der Waals surface area contributed by atoms with Crippen LogP contribution in [0.15, 0.2) is 72.8 Å².